The Bertz CT molecular complexity index is 1090. The van der Waals surface area contributed by atoms with E-state index in [9.17, 15) is 0 Å². The van der Waals surface area contributed by atoms with Gasteiger partial charge in [-0.2, -0.15) is 0 Å². The van der Waals surface area contributed by atoms with Crippen LogP contribution in [0.5, 0.6) is 0 Å². The Kier molecular flexibility index (Phi) is 5.85. The molecule has 4 rings (SSSR count). The fourth-order valence-electron chi connectivity index (χ4n) is 3.22. The van der Waals surface area contributed by atoms with Crippen LogP contribution < -0.4 is 21.3 Å². The highest BCUT2D eigenvalue weighted by Gasteiger charge is 2.00. The summed E-state index contributed by atoms with van der Waals surface area (Å²) in [6, 6.07) is 33.2. The number of anilines is 7. The fraction of sp³-hybridized carbons (Fsp3) is 0.0769. The van der Waals surface area contributed by atoms with Crippen molar-refractivity contribution in [3.63, 3.8) is 0 Å². The topological polar surface area (TPSA) is 48.1 Å². The molecular formula is C26H26N4. The van der Waals surface area contributed by atoms with Crippen molar-refractivity contribution in [3.05, 3.63) is 103 Å². The summed E-state index contributed by atoms with van der Waals surface area (Å²) in [6.45, 7) is 2.10. The summed E-state index contributed by atoms with van der Waals surface area (Å²) < 4.78 is 0. The Balaban J connectivity index is 1.35. The molecule has 0 unspecified atom stereocenters. The van der Waals surface area contributed by atoms with Crippen LogP contribution in [0.1, 0.15) is 5.56 Å². The third kappa shape index (κ3) is 5.11. The molecule has 4 nitrogen and oxygen atoms in total. The van der Waals surface area contributed by atoms with Gasteiger partial charge in [0.05, 0.1) is 0 Å². The summed E-state index contributed by atoms with van der Waals surface area (Å²) in [5, 5.41) is 13.4. The van der Waals surface area contributed by atoms with Gasteiger partial charge in [0.15, 0.2) is 0 Å². The van der Waals surface area contributed by atoms with E-state index < -0.39 is 0 Å². The van der Waals surface area contributed by atoms with Crippen molar-refractivity contribution < 1.29 is 0 Å². The highest BCUT2D eigenvalue weighted by Crippen LogP contribution is 2.24. The molecule has 0 fully saturated rings. The fourth-order valence-corrected chi connectivity index (χ4v) is 3.22. The summed E-state index contributed by atoms with van der Waals surface area (Å²) >= 11 is 0. The van der Waals surface area contributed by atoms with Gasteiger partial charge in [-0.05, 0) is 97.4 Å². The van der Waals surface area contributed by atoms with Crippen LogP contribution in [0.4, 0.5) is 39.8 Å². The highest BCUT2D eigenvalue weighted by molar-refractivity contribution is 5.69. The molecule has 0 bridgehead atoms. The molecule has 4 N–H and O–H groups in total. The van der Waals surface area contributed by atoms with E-state index in [1.807, 2.05) is 7.05 Å². The van der Waals surface area contributed by atoms with E-state index in [0.29, 0.717) is 0 Å². The van der Waals surface area contributed by atoms with Crippen molar-refractivity contribution in [2.45, 2.75) is 6.92 Å². The lowest BCUT2D eigenvalue weighted by Crippen LogP contribution is -1.94. The maximum atomic E-state index is 3.45. The number of hydrogen-bond acceptors (Lipinski definition) is 4. The number of hydrogen-bond donors (Lipinski definition) is 4. The van der Waals surface area contributed by atoms with Crippen LogP contribution in [0.15, 0.2) is 97.1 Å². The predicted molar refractivity (Wildman–Crippen MR) is 130 cm³/mol. The smallest absolute Gasteiger partial charge is 0.0386 e. The minimum Gasteiger partial charge on any atom is -0.388 e. The second-order valence-corrected chi connectivity index (χ2v) is 7.23. The molecule has 4 aromatic rings. The molecule has 0 atom stereocenters. The summed E-state index contributed by atoms with van der Waals surface area (Å²) in [5.41, 5.74) is 8.71. The summed E-state index contributed by atoms with van der Waals surface area (Å²) in [6.07, 6.45) is 0. The molecule has 30 heavy (non-hydrogen) atoms. The average Bonchev–Trinajstić information content (AvgIpc) is 2.77. The van der Waals surface area contributed by atoms with Crippen molar-refractivity contribution in [2.24, 2.45) is 0 Å². The molecule has 0 saturated heterocycles. The highest BCUT2D eigenvalue weighted by atomic mass is 14.9. The Labute approximate surface area is 178 Å². The average molecular weight is 395 g/mol. The van der Waals surface area contributed by atoms with Gasteiger partial charge in [-0.1, -0.05) is 12.1 Å². The van der Waals surface area contributed by atoms with Gasteiger partial charge in [0.25, 0.3) is 0 Å². The van der Waals surface area contributed by atoms with Crippen molar-refractivity contribution in [3.8, 4) is 0 Å². The van der Waals surface area contributed by atoms with Crippen LogP contribution in [0.2, 0.25) is 0 Å². The van der Waals surface area contributed by atoms with E-state index in [2.05, 4.69) is 125 Å². The molecule has 0 saturated carbocycles. The van der Waals surface area contributed by atoms with E-state index in [-0.39, 0.29) is 0 Å². The van der Waals surface area contributed by atoms with E-state index in [0.717, 1.165) is 39.8 Å². The van der Waals surface area contributed by atoms with Gasteiger partial charge in [-0.25, -0.2) is 0 Å². The van der Waals surface area contributed by atoms with Crippen LogP contribution >= 0.6 is 0 Å². The first kappa shape index (κ1) is 19.4. The first-order valence-electron chi connectivity index (χ1n) is 10.0. The maximum absolute atomic E-state index is 3.45. The molecular weight excluding hydrogens is 368 g/mol. The minimum absolute atomic E-state index is 1.05. The summed E-state index contributed by atoms with van der Waals surface area (Å²) in [7, 11) is 1.92. The van der Waals surface area contributed by atoms with Gasteiger partial charge in [0, 0.05) is 46.9 Å². The van der Waals surface area contributed by atoms with Gasteiger partial charge in [0.2, 0.25) is 0 Å². The van der Waals surface area contributed by atoms with Crippen molar-refractivity contribution in [1.29, 1.82) is 0 Å². The van der Waals surface area contributed by atoms with E-state index >= 15 is 0 Å². The molecule has 0 aliphatic carbocycles. The number of nitrogens with one attached hydrogen (secondary N) is 4. The van der Waals surface area contributed by atoms with Crippen molar-refractivity contribution in [1.82, 2.24) is 0 Å². The normalized spacial score (nSPS) is 10.3. The first-order chi connectivity index (χ1) is 14.7. The molecule has 0 aliphatic heterocycles. The van der Waals surface area contributed by atoms with Gasteiger partial charge in [-0.15, -0.1) is 0 Å². The second-order valence-electron chi connectivity index (χ2n) is 7.23. The van der Waals surface area contributed by atoms with Gasteiger partial charge >= 0.3 is 0 Å². The molecule has 0 heterocycles. The zero-order valence-electron chi connectivity index (χ0n) is 17.2. The molecule has 0 spiro atoms. The van der Waals surface area contributed by atoms with Crippen LogP contribution in [-0.2, 0) is 0 Å². The second kappa shape index (κ2) is 9.05. The molecule has 0 aromatic heterocycles. The monoisotopic (exact) mass is 394 g/mol. The molecule has 0 aliphatic rings. The first-order valence-corrected chi connectivity index (χ1v) is 10.0. The lowest BCUT2D eigenvalue weighted by Gasteiger charge is -2.11. The number of rotatable bonds is 7. The molecule has 0 amide bonds. The summed E-state index contributed by atoms with van der Waals surface area (Å²) in [4.78, 5) is 0. The van der Waals surface area contributed by atoms with Crippen LogP contribution in [0.25, 0.3) is 0 Å². The van der Waals surface area contributed by atoms with E-state index in [1.54, 1.807) is 0 Å². The number of benzene rings is 4. The molecule has 4 heteroatoms. The zero-order chi connectivity index (χ0) is 20.8. The lowest BCUT2D eigenvalue weighted by molar-refractivity contribution is 1.45. The maximum Gasteiger partial charge on any atom is 0.0386 e. The quantitative estimate of drug-likeness (QED) is 0.266. The Hall–Kier alpha value is -3.92. The van der Waals surface area contributed by atoms with Crippen LogP contribution in [-0.4, -0.2) is 7.05 Å². The Morgan fingerprint density at radius 3 is 1.17 bits per heavy atom. The van der Waals surface area contributed by atoms with Crippen molar-refractivity contribution >= 4 is 39.8 Å². The standard InChI is InChI=1S/C26H26N4/c1-19-4-3-5-26(18-19)30-25-16-14-24(15-17-25)29-23-12-10-22(11-13-23)28-21-8-6-20(27-2)7-9-21/h3-18,27-30H,1-2H3. The molecule has 0 radical (unpaired) electrons. The van der Waals surface area contributed by atoms with E-state index in [1.165, 1.54) is 5.56 Å². The predicted octanol–water partition coefficient (Wildman–Crippen LogP) is 7.27. The van der Waals surface area contributed by atoms with Crippen molar-refractivity contribution in [2.75, 3.05) is 28.3 Å². The lowest BCUT2D eigenvalue weighted by atomic mass is 10.2. The van der Waals surface area contributed by atoms with Gasteiger partial charge in [-0.3, -0.25) is 0 Å². The minimum atomic E-state index is 1.05. The van der Waals surface area contributed by atoms with Gasteiger partial charge < -0.3 is 21.3 Å². The Morgan fingerprint density at radius 2 is 0.800 bits per heavy atom. The molecule has 4 aromatic carbocycles. The SMILES string of the molecule is CNc1ccc(Nc2ccc(Nc3ccc(Nc4cccc(C)c4)cc3)cc2)cc1. The zero-order valence-corrected chi connectivity index (χ0v) is 17.2. The molecule has 150 valence electrons. The van der Waals surface area contributed by atoms with Crippen LogP contribution in [0, 0.1) is 6.92 Å². The van der Waals surface area contributed by atoms with Gasteiger partial charge in [0.1, 0.15) is 0 Å². The third-order valence-corrected chi connectivity index (χ3v) is 4.83. The van der Waals surface area contributed by atoms with Crippen LogP contribution in [0.3, 0.4) is 0 Å². The largest absolute Gasteiger partial charge is 0.388 e. The third-order valence-electron chi connectivity index (χ3n) is 4.83. The van der Waals surface area contributed by atoms with E-state index in [4.69, 9.17) is 0 Å². The Morgan fingerprint density at radius 1 is 0.433 bits per heavy atom. The number of aryl methyl sites for hydroxylation is 1. The summed E-state index contributed by atoms with van der Waals surface area (Å²) in [5.74, 6) is 0.